The average molecular weight is 300 g/mol. The van der Waals surface area contributed by atoms with Crippen molar-refractivity contribution in [1.82, 2.24) is 5.32 Å². The topological polar surface area (TPSA) is 66.4 Å². The van der Waals surface area contributed by atoms with Crippen molar-refractivity contribution in [1.29, 1.82) is 0 Å². The molecule has 0 saturated heterocycles. The van der Waals surface area contributed by atoms with E-state index in [0.29, 0.717) is 12.8 Å². The standard InChI is InChI=1S/C14H15ClFNO3/c15-10-5-3-4-9(12(10)16)13(20)17-14(8-11(18)19)6-1-2-7-14/h3-5H,1-2,6-8H2,(H,17,20)(H,18,19). The average Bonchev–Trinajstić information content (AvgIpc) is 2.79. The van der Waals surface area contributed by atoms with Gasteiger partial charge in [0.05, 0.1) is 22.5 Å². The smallest absolute Gasteiger partial charge is 0.305 e. The number of carboxylic acid groups (broad SMARTS) is 1. The van der Waals surface area contributed by atoms with Gasteiger partial charge in [-0.2, -0.15) is 0 Å². The minimum atomic E-state index is -0.973. The summed E-state index contributed by atoms with van der Waals surface area (Å²) in [5.74, 6) is -2.37. The van der Waals surface area contributed by atoms with E-state index in [1.807, 2.05) is 0 Å². The first-order valence-corrected chi connectivity index (χ1v) is 6.80. The van der Waals surface area contributed by atoms with Crippen LogP contribution in [0.5, 0.6) is 0 Å². The summed E-state index contributed by atoms with van der Waals surface area (Å²) in [6.45, 7) is 0. The van der Waals surface area contributed by atoms with Gasteiger partial charge >= 0.3 is 5.97 Å². The molecule has 0 spiro atoms. The second-order valence-electron chi connectivity index (χ2n) is 5.11. The fourth-order valence-electron chi connectivity index (χ4n) is 2.67. The van der Waals surface area contributed by atoms with Crippen LogP contribution in [0.1, 0.15) is 42.5 Å². The van der Waals surface area contributed by atoms with Crippen LogP contribution in [0, 0.1) is 5.82 Å². The van der Waals surface area contributed by atoms with Crippen LogP contribution >= 0.6 is 11.6 Å². The minimum Gasteiger partial charge on any atom is -0.481 e. The second-order valence-corrected chi connectivity index (χ2v) is 5.52. The summed E-state index contributed by atoms with van der Waals surface area (Å²) in [4.78, 5) is 23.1. The Balaban J connectivity index is 2.20. The zero-order valence-electron chi connectivity index (χ0n) is 10.8. The number of halogens is 2. The number of hydrogen-bond acceptors (Lipinski definition) is 2. The Morgan fingerprint density at radius 2 is 2.00 bits per heavy atom. The monoisotopic (exact) mass is 299 g/mol. The lowest BCUT2D eigenvalue weighted by atomic mass is 9.92. The van der Waals surface area contributed by atoms with E-state index in [9.17, 15) is 14.0 Å². The van der Waals surface area contributed by atoms with Crippen LogP contribution in [0.15, 0.2) is 18.2 Å². The molecule has 1 aromatic carbocycles. The fourth-order valence-corrected chi connectivity index (χ4v) is 2.85. The highest BCUT2D eigenvalue weighted by Crippen LogP contribution is 2.33. The van der Waals surface area contributed by atoms with Gasteiger partial charge < -0.3 is 10.4 Å². The van der Waals surface area contributed by atoms with Gasteiger partial charge in [0.1, 0.15) is 0 Å². The molecule has 0 bridgehead atoms. The number of carboxylic acids is 1. The maximum Gasteiger partial charge on any atom is 0.305 e. The van der Waals surface area contributed by atoms with E-state index in [4.69, 9.17) is 16.7 Å². The van der Waals surface area contributed by atoms with Gasteiger partial charge in [-0.25, -0.2) is 4.39 Å². The summed E-state index contributed by atoms with van der Waals surface area (Å²) in [5, 5.41) is 11.5. The van der Waals surface area contributed by atoms with Crippen molar-refractivity contribution in [3.8, 4) is 0 Å². The van der Waals surface area contributed by atoms with E-state index < -0.39 is 23.2 Å². The summed E-state index contributed by atoms with van der Waals surface area (Å²) >= 11 is 5.64. The summed E-state index contributed by atoms with van der Waals surface area (Å²) in [6, 6.07) is 4.18. The normalized spacial score (nSPS) is 16.9. The molecule has 1 saturated carbocycles. The molecule has 6 heteroatoms. The fraction of sp³-hybridized carbons (Fsp3) is 0.429. The highest BCUT2D eigenvalue weighted by atomic mass is 35.5. The van der Waals surface area contributed by atoms with Gasteiger partial charge in [0, 0.05) is 0 Å². The maximum absolute atomic E-state index is 13.8. The number of rotatable bonds is 4. The van der Waals surface area contributed by atoms with Crippen LogP contribution in [0.2, 0.25) is 5.02 Å². The number of benzene rings is 1. The van der Waals surface area contributed by atoms with Gasteiger partial charge in [0.25, 0.3) is 5.91 Å². The second kappa shape index (κ2) is 5.79. The molecular weight excluding hydrogens is 285 g/mol. The predicted octanol–water partition coefficient (Wildman–Crippen LogP) is 3.00. The third kappa shape index (κ3) is 3.10. The van der Waals surface area contributed by atoms with Gasteiger partial charge in [-0.05, 0) is 25.0 Å². The third-order valence-electron chi connectivity index (χ3n) is 3.63. The molecule has 1 amide bonds. The lowest BCUT2D eigenvalue weighted by molar-refractivity contribution is -0.138. The van der Waals surface area contributed by atoms with Gasteiger partial charge in [-0.15, -0.1) is 0 Å². The molecule has 0 radical (unpaired) electrons. The molecule has 1 aromatic rings. The maximum atomic E-state index is 13.8. The molecule has 0 aliphatic heterocycles. The Hall–Kier alpha value is -1.62. The van der Waals surface area contributed by atoms with Crippen LogP contribution in [0.3, 0.4) is 0 Å². The summed E-state index contributed by atoms with van der Waals surface area (Å²) in [7, 11) is 0. The van der Waals surface area contributed by atoms with Crippen molar-refractivity contribution in [3.63, 3.8) is 0 Å². The lowest BCUT2D eigenvalue weighted by Crippen LogP contribution is -2.48. The predicted molar refractivity (Wildman–Crippen MR) is 72.3 cm³/mol. The molecule has 1 aliphatic rings. The number of carbonyl (C=O) groups excluding carboxylic acids is 1. The Morgan fingerprint density at radius 3 is 2.60 bits per heavy atom. The summed E-state index contributed by atoms with van der Waals surface area (Å²) < 4.78 is 13.8. The number of nitrogens with one attached hydrogen (secondary N) is 1. The van der Waals surface area contributed by atoms with E-state index in [0.717, 1.165) is 12.8 Å². The molecule has 1 aliphatic carbocycles. The minimum absolute atomic E-state index is 0.128. The Labute approximate surface area is 120 Å². The Bertz CT molecular complexity index is 541. The van der Waals surface area contributed by atoms with Crippen molar-refractivity contribution in [2.45, 2.75) is 37.6 Å². The van der Waals surface area contributed by atoms with E-state index in [-0.39, 0.29) is 17.0 Å². The lowest BCUT2D eigenvalue weighted by Gasteiger charge is -2.28. The van der Waals surface area contributed by atoms with E-state index in [2.05, 4.69) is 5.32 Å². The van der Waals surface area contributed by atoms with Crippen molar-refractivity contribution in [3.05, 3.63) is 34.6 Å². The van der Waals surface area contributed by atoms with Crippen molar-refractivity contribution < 1.29 is 19.1 Å². The first kappa shape index (κ1) is 14.8. The van der Waals surface area contributed by atoms with Crippen LogP contribution in [-0.2, 0) is 4.79 Å². The van der Waals surface area contributed by atoms with Gasteiger partial charge in [0.15, 0.2) is 5.82 Å². The molecule has 0 heterocycles. The molecule has 0 unspecified atom stereocenters. The zero-order valence-corrected chi connectivity index (χ0v) is 11.5. The van der Waals surface area contributed by atoms with Gasteiger partial charge in [-0.3, -0.25) is 9.59 Å². The van der Waals surface area contributed by atoms with Crippen LogP contribution in [-0.4, -0.2) is 22.5 Å². The largest absolute Gasteiger partial charge is 0.481 e. The third-order valence-corrected chi connectivity index (χ3v) is 3.92. The molecule has 2 rings (SSSR count). The molecule has 2 N–H and O–H groups in total. The summed E-state index contributed by atoms with van der Waals surface area (Å²) in [6.07, 6.45) is 2.73. The molecule has 4 nitrogen and oxygen atoms in total. The number of aliphatic carboxylic acids is 1. The molecule has 20 heavy (non-hydrogen) atoms. The highest BCUT2D eigenvalue weighted by Gasteiger charge is 2.38. The van der Waals surface area contributed by atoms with Crippen molar-refractivity contribution >= 4 is 23.5 Å². The van der Waals surface area contributed by atoms with Gasteiger partial charge in [-0.1, -0.05) is 30.5 Å². The zero-order chi connectivity index (χ0) is 14.8. The Morgan fingerprint density at radius 1 is 1.35 bits per heavy atom. The SMILES string of the molecule is O=C(O)CC1(NC(=O)c2cccc(Cl)c2F)CCCC1. The van der Waals surface area contributed by atoms with Crippen LogP contribution < -0.4 is 5.32 Å². The quantitative estimate of drug-likeness (QED) is 0.898. The number of carbonyl (C=O) groups is 2. The van der Waals surface area contributed by atoms with Crippen LogP contribution in [0.4, 0.5) is 4.39 Å². The van der Waals surface area contributed by atoms with Crippen LogP contribution in [0.25, 0.3) is 0 Å². The highest BCUT2D eigenvalue weighted by molar-refractivity contribution is 6.31. The molecular formula is C14H15ClFNO3. The van der Waals surface area contributed by atoms with E-state index >= 15 is 0 Å². The molecule has 1 fully saturated rings. The number of hydrogen-bond donors (Lipinski definition) is 2. The Kier molecular flexibility index (Phi) is 4.28. The van der Waals surface area contributed by atoms with Crippen molar-refractivity contribution in [2.24, 2.45) is 0 Å². The van der Waals surface area contributed by atoms with Crippen molar-refractivity contribution in [2.75, 3.05) is 0 Å². The van der Waals surface area contributed by atoms with E-state index in [1.165, 1.54) is 18.2 Å². The number of amides is 1. The molecule has 0 atom stereocenters. The van der Waals surface area contributed by atoms with E-state index in [1.54, 1.807) is 0 Å². The van der Waals surface area contributed by atoms with Gasteiger partial charge in [0.2, 0.25) is 0 Å². The first-order chi connectivity index (χ1) is 9.43. The summed E-state index contributed by atoms with van der Waals surface area (Å²) in [5.41, 5.74) is -0.938. The molecule has 108 valence electrons. The molecule has 0 aromatic heterocycles. The first-order valence-electron chi connectivity index (χ1n) is 6.42.